The van der Waals surface area contributed by atoms with E-state index in [-0.39, 0.29) is 11.9 Å². The first-order valence-electron chi connectivity index (χ1n) is 11.6. The van der Waals surface area contributed by atoms with Crippen LogP contribution in [0.4, 0.5) is 11.4 Å². The smallest absolute Gasteiger partial charge is 0.251 e. The number of carbonyl (C=O) groups excluding carboxylic acids is 1. The van der Waals surface area contributed by atoms with Crippen LogP contribution >= 0.6 is 35.0 Å². The number of hydrogen-bond donors (Lipinski definition) is 1. The van der Waals surface area contributed by atoms with Crippen molar-refractivity contribution in [2.24, 2.45) is 0 Å². The van der Waals surface area contributed by atoms with Gasteiger partial charge in [-0.1, -0.05) is 59.2 Å². The van der Waals surface area contributed by atoms with Gasteiger partial charge in [0.15, 0.2) is 0 Å². The van der Waals surface area contributed by atoms with Crippen LogP contribution in [0, 0.1) is 0 Å². The number of likely N-dealkylation sites (tertiary alicyclic amines) is 1. The molecule has 7 heteroatoms. The second-order valence-corrected chi connectivity index (χ2v) is 10.7. The fraction of sp³-hybridized carbons (Fsp3) is 0.296. The van der Waals surface area contributed by atoms with E-state index in [1.54, 1.807) is 17.8 Å². The highest BCUT2D eigenvalue weighted by atomic mass is 35.5. The first-order valence-corrected chi connectivity index (χ1v) is 13.2. The number of anilines is 2. The van der Waals surface area contributed by atoms with Gasteiger partial charge in [-0.15, -0.1) is 0 Å². The molecule has 176 valence electrons. The molecule has 1 atom stereocenters. The molecular weight excluding hydrogens is 485 g/mol. The first kappa shape index (κ1) is 23.6. The van der Waals surface area contributed by atoms with Crippen LogP contribution in [0.3, 0.4) is 0 Å². The SMILES string of the molecule is CC(CN1CCCC1)N1c2ccccc2Sc2ccc(C(=O)NCc3cccc(Cl)c3Cl)cc21. The number of benzene rings is 3. The number of rotatable bonds is 6. The van der Waals surface area contributed by atoms with Crippen molar-refractivity contribution in [3.63, 3.8) is 0 Å². The lowest BCUT2D eigenvalue weighted by molar-refractivity contribution is 0.0951. The maximum atomic E-state index is 13.1. The first-order chi connectivity index (χ1) is 16.5. The van der Waals surface area contributed by atoms with E-state index in [0.29, 0.717) is 22.2 Å². The van der Waals surface area contributed by atoms with Gasteiger partial charge in [-0.3, -0.25) is 4.79 Å². The molecule has 0 bridgehead atoms. The van der Waals surface area contributed by atoms with E-state index in [9.17, 15) is 4.79 Å². The fourth-order valence-electron chi connectivity index (χ4n) is 4.78. The Labute approximate surface area is 215 Å². The summed E-state index contributed by atoms with van der Waals surface area (Å²) in [4.78, 5) is 20.4. The molecule has 2 heterocycles. The lowest BCUT2D eigenvalue weighted by Crippen LogP contribution is -2.40. The van der Waals surface area contributed by atoms with Crippen molar-refractivity contribution in [1.82, 2.24) is 10.2 Å². The summed E-state index contributed by atoms with van der Waals surface area (Å²) in [5.74, 6) is -0.130. The van der Waals surface area contributed by atoms with Gasteiger partial charge in [-0.25, -0.2) is 0 Å². The van der Waals surface area contributed by atoms with Gasteiger partial charge >= 0.3 is 0 Å². The zero-order chi connectivity index (χ0) is 23.7. The summed E-state index contributed by atoms with van der Waals surface area (Å²) >= 11 is 14.2. The Hall–Kier alpha value is -2.18. The van der Waals surface area contributed by atoms with Crippen LogP contribution in [0.15, 0.2) is 70.5 Å². The molecule has 5 rings (SSSR count). The number of nitrogens with zero attached hydrogens (tertiary/aromatic N) is 2. The van der Waals surface area contributed by atoms with Crippen LogP contribution in [-0.4, -0.2) is 36.5 Å². The van der Waals surface area contributed by atoms with Crippen molar-refractivity contribution in [2.45, 2.75) is 42.1 Å². The Balaban J connectivity index is 1.41. The van der Waals surface area contributed by atoms with Gasteiger partial charge in [0.2, 0.25) is 0 Å². The highest BCUT2D eigenvalue weighted by Crippen LogP contribution is 2.49. The zero-order valence-electron chi connectivity index (χ0n) is 19.1. The number of hydrogen-bond acceptors (Lipinski definition) is 4. The fourth-order valence-corrected chi connectivity index (χ4v) is 6.22. The van der Waals surface area contributed by atoms with Crippen molar-refractivity contribution >= 4 is 52.2 Å². The van der Waals surface area contributed by atoms with Gasteiger partial charge in [0, 0.05) is 34.5 Å². The minimum atomic E-state index is -0.130. The molecule has 0 saturated carbocycles. The van der Waals surface area contributed by atoms with E-state index >= 15 is 0 Å². The number of carbonyl (C=O) groups is 1. The Morgan fingerprint density at radius 2 is 1.76 bits per heavy atom. The van der Waals surface area contributed by atoms with Gasteiger partial charge in [-0.05, 0) is 74.8 Å². The second kappa shape index (κ2) is 10.2. The second-order valence-electron chi connectivity index (χ2n) is 8.87. The molecule has 34 heavy (non-hydrogen) atoms. The van der Waals surface area contributed by atoms with E-state index in [2.05, 4.69) is 52.4 Å². The summed E-state index contributed by atoms with van der Waals surface area (Å²) in [5, 5.41) is 3.96. The average Bonchev–Trinajstić information content (AvgIpc) is 3.35. The van der Waals surface area contributed by atoms with Crippen molar-refractivity contribution in [1.29, 1.82) is 0 Å². The predicted octanol–water partition coefficient (Wildman–Crippen LogP) is 7.01. The molecule has 2 aliphatic heterocycles. The molecule has 2 aliphatic rings. The Bertz CT molecular complexity index is 1210. The lowest BCUT2D eigenvalue weighted by atomic mass is 10.1. The summed E-state index contributed by atoms with van der Waals surface area (Å²) in [5.41, 5.74) is 3.72. The van der Waals surface area contributed by atoms with E-state index in [0.717, 1.165) is 30.9 Å². The molecule has 0 aliphatic carbocycles. The number of para-hydroxylation sites is 1. The molecule has 3 aromatic rings. The molecule has 0 spiro atoms. The quantitative estimate of drug-likeness (QED) is 0.385. The Morgan fingerprint density at radius 3 is 2.59 bits per heavy atom. The molecule has 4 nitrogen and oxygen atoms in total. The molecule has 1 amide bonds. The van der Waals surface area contributed by atoms with Gasteiger partial charge < -0.3 is 15.1 Å². The third kappa shape index (κ3) is 4.80. The third-order valence-electron chi connectivity index (χ3n) is 6.46. The van der Waals surface area contributed by atoms with Gasteiger partial charge in [0.1, 0.15) is 0 Å². The minimum Gasteiger partial charge on any atom is -0.348 e. The predicted molar refractivity (Wildman–Crippen MR) is 142 cm³/mol. The molecule has 0 aromatic heterocycles. The highest BCUT2D eigenvalue weighted by molar-refractivity contribution is 7.99. The van der Waals surface area contributed by atoms with Crippen LogP contribution in [0.2, 0.25) is 10.0 Å². The molecule has 1 unspecified atom stereocenters. The summed E-state index contributed by atoms with van der Waals surface area (Å²) in [6.07, 6.45) is 2.55. The zero-order valence-corrected chi connectivity index (χ0v) is 21.4. The summed E-state index contributed by atoms with van der Waals surface area (Å²) in [6, 6.07) is 20.2. The molecule has 1 saturated heterocycles. The summed E-state index contributed by atoms with van der Waals surface area (Å²) in [6.45, 7) is 5.93. The van der Waals surface area contributed by atoms with Crippen molar-refractivity contribution in [2.75, 3.05) is 24.5 Å². The number of fused-ring (bicyclic) bond motifs is 2. The van der Waals surface area contributed by atoms with Crippen LogP contribution in [0.1, 0.15) is 35.7 Å². The number of amides is 1. The standard InChI is InChI=1S/C27H27Cl2N3OS/c1-18(17-31-13-4-5-14-31)32-22-9-2-3-10-24(22)34-25-12-11-19(15-23(25)32)27(33)30-16-20-7-6-8-21(28)26(20)29/h2-3,6-12,15,18H,4-5,13-14,16-17H2,1H3,(H,30,33). The van der Waals surface area contributed by atoms with Gasteiger partial charge in [-0.2, -0.15) is 0 Å². The monoisotopic (exact) mass is 511 g/mol. The molecule has 1 N–H and O–H groups in total. The van der Waals surface area contributed by atoms with Crippen molar-refractivity contribution in [3.8, 4) is 0 Å². The number of nitrogens with one attached hydrogen (secondary N) is 1. The molecule has 0 radical (unpaired) electrons. The van der Waals surface area contributed by atoms with Crippen LogP contribution < -0.4 is 10.2 Å². The lowest BCUT2D eigenvalue weighted by Gasteiger charge is -2.39. The Morgan fingerprint density at radius 1 is 1.00 bits per heavy atom. The average molecular weight is 513 g/mol. The van der Waals surface area contributed by atoms with Gasteiger partial charge in [0.05, 0.1) is 21.4 Å². The van der Waals surface area contributed by atoms with E-state index < -0.39 is 0 Å². The Kier molecular flexibility index (Phi) is 7.07. The maximum absolute atomic E-state index is 13.1. The van der Waals surface area contributed by atoms with Crippen LogP contribution in [0.5, 0.6) is 0 Å². The summed E-state index contributed by atoms with van der Waals surface area (Å²) < 4.78 is 0. The topological polar surface area (TPSA) is 35.6 Å². The number of halogens is 2. The molecular formula is C27H27Cl2N3OS. The normalized spacial score (nSPS) is 16.1. The van der Waals surface area contributed by atoms with Crippen LogP contribution in [-0.2, 0) is 6.54 Å². The van der Waals surface area contributed by atoms with E-state index in [4.69, 9.17) is 23.2 Å². The van der Waals surface area contributed by atoms with Crippen LogP contribution in [0.25, 0.3) is 0 Å². The van der Waals surface area contributed by atoms with Crippen molar-refractivity contribution < 1.29 is 4.79 Å². The largest absolute Gasteiger partial charge is 0.348 e. The summed E-state index contributed by atoms with van der Waals surface area (Å²) in [7, 11) is 0. The van der Waals surface area contributed by atoms with Crippen molar-refractivity contribution in [3.05, 3.63) is 81.8 Å². The third-order valence-corrected chi connectivity index (χ3v) is 8.45. The highest BCUT2D eigenvalue weighted by Gasteiger charge is 2.29. The molecule has 3 aromatic carbocycles. The van der Waals surface area contributed by atoms with E-state index in [1.807, 2.05) is 24.3 Å². The van der Waals surface area contributed by atoms with Gasteiger partial charge in [0.25, 0.3) is 5.91 Å². The maximum Gasteiger partial charge on any atom is 0.251 e. The molecule has 1 fully saturated rings. The van der Waals surface area contributed by atoms with E-state index in [1.165, 1.54) is 28.3 Å². The minimum absolute atomic E-state index is 0.130.